The van der Waals surface area contributed by atoms with Gasteiger partial charge in [0.1, 0.15) is 30.2 Å². The van der Waals surface area contributed by atoms with Gasteiger partial charge < -0.3 is 46.1 Å². The molecule has 4 aromatic rings. The number of H-pyrrole nitrogens is 1. The summed E-state index contributed by atoms with van der Waals surface area (Å²) in [5, 5.41) is 28.4. The molecule has 2 aliphatic heterocycles. The number of nitrogens with zero attached hydrogens (tertiary/aromatic N) is 2. The molecule has 16 nitrogen and oxygen atoms in total. The number of carbonyl (C=O) groups is 7. The maximum Gasteiger partial charge on any atom is 0.305 e. The summed E-state index contributed by atoms with van der Waals surface area (Å²) in [7, 11) is 0. The van der Waals surface area contributed by atoms with Crippen molar-refractivity contribution in [2.24, 2.45) is 5.92 Å². The molecule has 6 rings (SSSR count). The average Bonchev–Trinajstić information content (AvgIpc) is 4.01. The van der Waals surface area contributed by atoms with Crippen molar-refractivity contribution in [3.8, 4) is 0 Å². The predicted molar refractivity (Wildman–Crippen MR) is 229 cm³/mol. The van der Waals surface area contributed by atoms with Crippen LogP contribution in [-0.4, -0.2) is 110 Å². The van der Waals surface area contributed by atoms with Gasteiger partial charge in [-0.25, -0.2) is 0 Å². The van der Waals surface area contributed by atoms with Gasteiger partial charge in [0.15, 0.2) is 0 Å². The average molecular weight is 863 g/mol. The summed E-state index contributed by atoms with van der Waals surface area (Å²) in [4.78, 5) is 99.5. The Hall–Kier alpha value is -5.36. The van der Waals surface area contributed by atoms with E-state index in [1.54, 1.807) is 17.5 Å². The van der Waals surface area contributed by atoms with Crippen molar-refractivity contribution in [3.05, 3.63) is 53.7 Å². The van der Waals surface area contributed by atoms with Gasteiger partial charge in [-0.05, 0) is 67.5 Å². The van der Waals surface area contributed by atoms with E-state index in [1.165, 1.54) is 23.6 Å². The van der Waals surface area contributed by atoms with Crippen LogP contribution in [-0.2, 0) is 46.5 Å². The second kappa shape index (κ2) is 20.3. The first-order valence-electron chi connectivity index (χ1n) is 20.5. The molecule has 322 valence electrons. The van der Waals surface area contributed by atoms with Crippen molar-refractivity contribution in [3.63, 3.8) is 0 Å². The highest BCUT2D eigenvalue weighted by atomic mass is 32.2. The van der Waals surface area contributed by atoms with Gasteiger partial charge in [-0.1, -0.05) is 32.0 Å². The molecular weight excluding hydrogens is 809 g/mol. The fourth-order valence-electron chi connectivity index (χ4n) is 7.91. The van der Waals surface area contributed by atoms with Crippen molar-refractivity contribution < 1.29 is 38.7 Å². The molecule has 0 bridgehead atoms. The van der Waals surface area contributed by atoms with Crippen molar-refractivity contribution in [2.45, 2.75) is 114 Å². The Balaban J connectivity index is 1.34. The molecule has 5 heterocycles. The highest BCUT2D eigenvalue weighted by Crippen LogP contribution is 2.34. The number of thioether (sulfide) groups is 1. The Morgan fingerprint density at radius 2 is 1.63 bits per heavy atom. The van der Waals surface area contributed by atoms with Crippen LogP contribution in [0.3, 0.4) is 0 Å². The van der Waals surface area contributed by atoms with Gasteiger partial charge in [-0.2, -0.15) is 0 Å². The van der Waals surface area contributed by atoms with E-state index in [9.17, 15) is 38.7 Å². The molecule has 6 amide bonds. The van der Waals surface area contributed by atoms with Crippen LogP contribution in [0.1, 0.15) is 71.3 Å². The fraction of sp³-hybridized carbons (Fsp3) is 0.500. The number of nitrogens with one attached hydrogen (secondary N) is 6. The Morgan fingerprint density at radius 3 is 2.40 bits per heavy atom. The fourth-order valence-corrected chi connectivity index (χ4v) is 10.0. The number of carboxylic acids is 1. The first kappa shape index (κ1) is 44.2. The van der Waals surface area contributed by atoms with Gasteiger partial charge in [-0.15, -0.1) is 23.1 Å². The van der Waals surface area contributed by atoms with Gasteiger partial charge >= 0.3 is 5.97 Å². The van der Waals surface area contributed by atoms with E-state index < -0.39 is 72.1 Å². The first-order valence-corrected chi connectivity index (χ1v) is 22.4. The lowest BCUT2D eigenvalue weighted by Crippen LogP contribution is -2.60. The zero-order valence-electron chi connectivity index (χ0n) is 34.1. The van der Waals surface area contributed by atoms with Crippen molar-refractivity contribution in [1.29, 1.82) is 0 Å². The number of aromatic nitrogens is 2. The zero-order valence-corrected chi connectivity index (χ0v) is 35.7. The summed E-state index contributed by atoms with van der Waals surface area (Å²) in [5.74, 6) is -4.88. The number of carbonyl (C=O) groups excluding carboxylic acids is 6. The molecule has 0 saturated carbocycles. The number of aryl methyl sites for hydroxylation is 1. The SMILES string of the molecule is CC(=O)N[C@H]1CSc2c3ccsc3cn2CCCCCNC(=O)[C@@H]2CCCN2C(=O)[C@H](CC(C)C)NC(=O)[C@H](Cc2c[nH]c3ccccc23)NC(=O)[C@H](CC(=O)O)NC1=O. The monoisotopic (exact) mass is 862 g/mol. The molecule has 1 fully saturated rings. The third-order valence-corrected chi connectivity index (χ3v) is 12.9. The van der Waals surface area contributed by atoms with E-state index in [1.807, 2.05) is 49.6 Å². The minimum Gasteiger partial charge on any atom is -0.481 e. The Labute approximate surface area is 356 Å². The van der Waals surface area contributed by atoms with Gasteiger partial charge in [0.2, 0.25) is 35.4 Å². The number of fused-ring (bicyclic) bond motifs is 5. The number of carboxylic acid groups (broad SMARTS) is 1. The molecule has 5 atom stereocenters. The Morgan fingerprint density at radius 1 is 0.883 bits per heavy atom. The molecule has 60 heavy (non-hydrogen) atoms. The highest BCUT2D eigenvalue weighted by Gasteiger charge is 2.39. The maximum absolute atomic E-state index is 14.4. The highest BCUT2D eigenvalue weighted by molar-refractivity contribution is 7.99. The Kier molecular flexibility index (Phi) is 14.9. The van der Waals surface area contributed by atoms with E-state index in [0.29, 0.717) is 38.0 Å². The maximum atomic E-state index is 14.4. The van der Waals surface area contributed by atoms with Crippen molar-refractivity contribution in [1.82, 2.24) is 41.0 Å². The number of hydrogen-bond acceptors (Lipinski definition) is 9. The van der Waals surface area contributed by atoms with Crippen LogP contribution in [0.4, 0.5) is 0 Å². The standard InChI is InChI=1S/C42H54N8O8S2/c1-24(2)18-32-41(58)50-16-9-12-34(50)40(57)43-14-7-4-8-15-49-22-35-28(13-17-59-35)42(49)60-23-33(45-25(3)51)39(56)47-31(20-36(52)53)38(55)46-30(37(54)48-32)19-26-21-44-29-11-6-5-10-27(26)29/h5-6,10-11,13,17,21-22,24,30-34,44H,4,7-9,12,14-16,18-20,23H2,1-3H3,(H,43,57)(H,45,51)(H,46,55)(H,47,56)(H,48,54)(H,52,53)/t30-,31-,32-,33-,34-/m0/s1. The second-order valence-electron chi connectivity index (χ2n) is 15.9. The number of benzene rings is 1. The summed E-state index contributed by atoms with van der Waals surface area (Å²) in [5.41, 5.74) is 1.47. The number of aromatic amines is 1. The Bertz CT molecular complexity index is 2210. The van der Waals surface area contributed by atoms with E-state index in [2.05, 4.69) is 42.3 Å². The van der Waals surface area contributed by atoms with Crippen LogP contribution in [0.5, 0.6) is 0 Å². The van der Waals surface area contributed by atoms with Crippen LogP contribution >= 0.6 is 23.1 Å². The van der Waals surface area contributed by atoms with Gasteiger partial charge in [-0.3, -0.25) is 33.6 Å². The molecule has 18 heteroatoms. The van der Waals surface area contributed by atoms with E-state index in [0.717, 1.165) is 45.3 Å². The normalized spacial score (nSPS) is 23.3. The number of amides is 6. The van der Waals surface area contributed by atoms with Gasteiger partial charge in [0.25, 0.3) is 0 Å². The van der Waals surface area contributed by atoms with Crippen LogP contribution in [0.25, 0.3) is 21.0 Å². The number of hydrogen-bond donors (Lipinski definition) is 7. The number of aliphatic carboxylic acids is 1. The number of rotatable bonds is 7. The number of thiophene rings is 1. The molecule has 1 aromatic carbocycles. The third kappa shape index (κ3) is 11.1. The predicted octanol–water partition coefficient (Wildman–Crippen LogP) is 3.29. The molecule has 2 aliphatic rings. The van der Waals surface area contributed by atoms with Crippen LogP contribution in [0, 0.1) is 5.92 Å². The zero-order chi connectivity index (χ0) is 42.9. The van der Waals surface area contributed by atoms with Gasteiger partial charge in [0.05, 0.1) is 16.1 Å². The quantitative estimate of drug-likeness (QED) is 0.145. The molecule has 0 unspecified atom stereocenters. The lowest BCUT2D eigenvalue weighted by molar-refractivity contribution is -0.142. The summed E-state index contributed by atoms with van der Waals surface area (Å²) < 4.78 is 3.17. The lowest BCUT2D eigenvalue weighted by Gasteiger charge is -2.31. The summed E-state index contributed by atoms with van der Waals surface area (Å²) in [6.45, 7) is 6.55. The summed E-state index contributed by atoms with van der Waals surface area (Å²) >= 11 is 2.95. The topological polar surface area (TPSA) is 224 Å². The van der Waals surface area contributed by atoms with Crippen molar-refractivity contribution >= 4 is 85.5 Å². The van der Waals surface area contributed by atoms with Gasteiger partial charge in [0, 0.05) is 67.4 Å². The van der Waals surface area contributed by atoms with E-state index >= 15 is 0 Å². The molecule has 0 aliphatic carbocycles. The van der Waals surface area contributed by atoms with Crippen LogP contribution in [0.2, 0.25) is 0 Å². The third-order valence-electron chi connectivity index (χ3n) is 10.8. The molecular formula is C42H54N8O8S2. The van der Waals surface area contributed by atoms with Crippen LogP contribution < -0.4 is 26.6 Å². The largest absolute Gasteiger partial charge is 0.481 e. The molecule has 0 spiro atoms. The van der Waals surface area contributed by atoms with E-state index in [-0.39, 0.29) is 30.4 Å². The second-order valence-corrected chi connectivity index (χ2v) is 17.9. The molecule has 1 saturated heterocycles. The summed E-state index contributed by atoms with van der Waals surface area (Å²) in [6.07, 6.45) is 6.62. The molecule has 3 aromatic heterocycles. The minimum absolute atomic E-state index is 0.0358. The minimum atomic E-state index is -1.63. The molecule has 7 N–H and O–H groups in total. The van der Waals surface area contributed by atoms with Crippen LogP contribution in [0.15, 0.2) is 53.1 Å². The first-order chi connectivity index (χ1) is 28.8. The number of para-hydroxylation sites is 1. The van der Waals surface area contributed by atoms with E-state index in [4.69, 9.17) is 0 Å². The summed E-state index contributed by atoms with van der Waals surface area (Å²) in [6, 6.07) is 3.58. The lowest BCUT2D eigenvalue weighted by atomic mass is 9.99. The smallest absolute Gasteiger partial charge is 0.305 e. The molecule has 0 radical (unpaired) electrons. The van der Waals surface area contributed by atoms with Crippen molar-refractivity contribution in [2.75, 3.05) is 18.8 Å².